The number of carbonyl (C=O) groups is 2. The molecule has 23 heavy (non-hydrogen) atoms. The van der Waals surface area contributed by atoms with Gasteiger partial charge in [0.2, 0.25) is 0 Å². The summed E-state index contributed by atoms with van der Waals surface area (Å²) in [6, 6.07) is 4.93. The Morgan fingerprint density at radius 1 is 1.09 bits per heavy atom. The van der Waals surface area contributed by atoms with Crippen molar-refractivity contribution in [3.05, 3.63) is 35.3 Å². The number of allylic oxidation sites excluding steroid dienone is 2. The van der Waals surface area contributed by atoms with Gasteiger partial charge in [-0.1, -0.05) is 0 Å². The first kappa shape index (κ1) is 15.4. The Morgan fingerprint density at radius 2 is 1.83 bits per heavy atom. The zero-order chi connectivity index (χ0) is 16.2. The molecular formula is C17H16FNO4. The molecule has 2 aliphatic rings. The fourth-order valence-electron chi connectivity index (χ4n) is 2.47. The van der Waals surface area contributed by atoms with E-state index in [2.05, 4.69) is 4.99 Å². The number of fused-ring (bicyclic) bond motifs is 1. The molecule has 0 saturated carbocycles. The predicted molar refractivity (Wildman–Crippen MR) is 81.9 cm³/mol. The molecule has 120 valence electrons. The summed E-state index contributed by atoms with van der Waals surface area (Å²) in [6.45, 7) is 0.921. The summed E-state index contributed by atoms with van der Waals surface area (Å²) in [5.41, 5.74) is 0.301. The van der Waals surface area contributed by atoms with Crippen LogP contribution in [0.4, 0.5) is 4.39 Å². The molecule has 0 saturated heterocycles. The third-order valence-electron chi connectivity index (χ3n) is 3.68. The third kappa shape index (κ3) is 3.47. The van der Waals surface area contributed by atoms with Gasteiger partial charge in [0.15, 0.2) is 23.1 Å². The first-order chi connectivity index (χ1) is 11.1. The number of rotatable bonds is 5. The molecular weight excluding hydrogens is 301 g/mol. The van der Waals surface area contributed by atoms with Gasteiger partial charge >= 0.3 is 0 Å². The van der Waals surface area contributed by atoms with Crippen molar-refractivity contribution < 1.29 is 23.5 Å². The first-order valence-electron chi connectivity index (χ1n) is 7.52. The molecule has 6 heteroatoms. The summed E-state index contributed by atoms with van der Waals surface area (Å²) in [4.78, 5) is 28.0. The molecule has 1 aromatic rings. The first-order valence-corrected chi connectivity index (χ1v) is 7.52. The van der Waals surface area contributed by atoms with Crippen molar-refractivity contribution in [1.82, 2.24) is 0 Å². The number of hydrogen-bond acceptors (Lipinski definition) is 5. The van der Waals surface area contributed by atoms with Gasteiger partial charge in [-0.2, -0.15) is 0 Å². The number of carbonyl (C=O) groups excluding carboxylic acids is 2. The Kier molecular flexibility index (Phi) is 4.50. The molecule has 0 spiro atoms. The second-order valence-corrected chi connectivity index (χ2v) is 5.31. The Balaban J connectivity index is 1.63. The number of Topliss-reactive ketones (excluding diaryl/α,β-unsaturated/α-hetero) is 2. The van der Waals surface area contributed by atoms with Gasteiger partial charge in [-0.05, 0) is 24.6 Å². The molecule has 0 unspecified atom stereocenters. The van der Waals surface area contributed by atoms with Gasteiger partial charge in [0.25, 0.3) is 0 Å². The van der Waals surface area contributed by atoms with Crippen molar-refractivity contribution in [2.24, 2.45) is 4.99 Å². The summed E-state index contributed by atoms with van der Waals surface area (Å²) < 4.78 is 24.4. The molecule has 0 aromatic heterocycles. The largest absolute Gasteiger partial charge is 0.486 e. The van der Waals surface area contributed by atoms with Crippen LogP contribution in [0, 0.1) is 0 Å². The molecule has 0 aliphatic carbocycles. The summed E-state index contributed by atoms with van der Waals surface area (Å²) >= 11 is 0. The zero-order valence-electron chi connectivity index (χ0n) is 12.5. The monoisotopic (exact) mass is 317 g/mol. The molecule has 1 aromatic carbocycles. The van der Waals surface area contributed by atoms with Crippen LogP contribution in [0.25, 0.3) is 0 Å². The van der Waals surface area contributed by atoms with Gasteiger partial charge in [-0.3, -0.25) is 14.6 Å². The van der Waals surface area contributed by atoms with Gasteiger partial charge in [0, 0.05) is 31.0 Å². The standard InChI is InChI=1S/C17H16FNO4/c18-12-2-1-7-19-17(12)14(21)5-4-13(20)11-3-6-15-16(10-11)23-9-8-22-15/h3,6-7,10H,1-2,4-5,8-9H2. The summed E-state index contributed by atoms with van der Waals surface area (Å²) in [5, 5.41) is 0. The number of halogens is 1. The van der Waals surface area contributed by atoms with E-state index in [0.29, 0.717) is 36.7 Å². The average molecular weight is 317 g/mol. The van der Waals surface area contributed by atoms with E-state index in [-0.39, 0.29) is 30.7 Å². The fraction of sp³-hybridized carbons (Fsp3) is 0.353. The number of benzene rings is 1. The Morgan fingerprint density at radius 3 is 2.61 bits per heavy atom. The molecule has 5 nitrogen and oxygen atoms in total. The van der Waals surface area contributed by atoms with Crippen LogP contribution >= 0.6 is 0 Å². The predicted octanol–water partition coefficient (Wildman–Crippen LogP) is 3.04. The highest BCUT2D eigenvalue weighted by molar-refractivity contribution is 6.02. The van der Waals surface area contributed by atoms with Crippen LogP contribution in [-0.2, 0) is 4.79 Å². The highest BCUT2D eigenvalue weighted by atomic mass is 19.1. The third-order valence-corrected chi connectivity index (χ3v) is 3.68. The van der Waals surface area contributed by atoms with Gasteiger partial charge in [-0.15, -0.1) is 0 Å². The topological polar surface area (TPSA) is 65.0 Å². The van der Waals surface area contributed by atoms with E-state index in [1.807, 2.05) is 0 Å². The van der Waals surface area contributed by atoms with E-state index in [0.717, 1.165) is 0 Å². The Hall–Kier alpha value is -2.50. The van der Waals surface area contributed by atoms with Gasteiger partial charge in [0.05, 0.1) is 0 Å². The maximum atomic E-state index is 13.6. The molecule has 0 amide bonds. The van der Waals surface area contributed by atoms with Crippen LogP contribution in [0.15, 0.2) is 34.7 Å². The molecule has 3 rings (SSSR count). The SMILES string of the molecule is O=C(CCC(=O)c1ccc2c(c1)OCCO2)C1=C(F)CCC=N1. The van der Waals surface area contributed by atoms with E-state index in [9.17, 15) is 14.0 Å². The molecule has 0 bridgehead atoms. The van der Waals surface area contributed by atoms with E-state index >= 15 is 0 Å². The minimum absolute atomic E-state index is 0.00474. The zero-order valence-corrected chi connectivity index (χ0v) is 12.5. The number of ether oxygens (including phenoxy) is 2. The lowest BCUT2D eigenvalue weighted by Crippen LogP contribution is -2.16. The van der Waals surface area contributed by atoms with Gasteiger partial charge in [0.1, 0.15) is 24.7 Å². The number of hydrogen-bond donors (Lipinski definition) is 0. The molecule has 2 heterocycles. The minimum Gasteiger partial charge on any atom is -0.486 e. The Bertz CT molecular complexity index is 709. The lowest BCUT2D eigenvalue weighted by molar-refractivity contribution is -0.115. The van der Waals surface area contributed by atoms with Crippen molar-refractivity contribution in [2.75, 3.05) is 13.2 Å². The number of aliphatic imine (C=N–C) groups is 1. The van der Waals surface area contributed by atoms with Crippen LogP contribution < -0.4 is 9.47 Å². The van der Waals surface area contributed by atoms with Gasteiger partial charge in [-0.25, -0.2) is 4.39 Å². The van der Waals surface area contributed by atoms with E-state index in [4.69, 9.17) is 9.47 Å². The lowest BCUT2D eigenvalue weighted by atomic mass is 10.0. The van der Waals surface area contributed by atoms with Crippen LogP contribution in [-0.4, -0.2) is 31.0 Å². The summed E-state index contributed by atoms with van der Waals surface area (Å²) in [5.74, 6) is -0.00329. The molecule has 2 aliphatic heterocycles. The van der Waals surface area contributed by atoms with Crippen molar-refractivity contribution in [3.63, 3.8) is 0 Å². The van der Waals surface area contributed by atoms with Crippen molar-refractivity contribution in [1.29, 1.82) is 0 Å². The smallest absolute Gasteiger partial charge is 0.184 e. The van der Waals surface area contributed by atoms with Crippen molar-refractivity contribution in [2.45, 2.75) is 25.7 Å². The van der Waals surface area contributed by atoms with Crippen molar-refractivity contribution >= 4 is 17.8 Å². The second kappa shape index (κ2) is 6.73. The second-order valence-electron chi connectivity index (χ2n) is 5.31. The maximum absolute atomic E-state index is 13.6. The summed E-state index contributed by atoms with van der Waals surface area (Å²) in [6.07, 6.45) is 2.16. The van der Waals surface area contributed by atoms with Crippen LogP contribution in [0.2, 0.25) is 0 Å². The molecule has 0 radical (unpaired) electrons. The maximum Gasteiger partial charge on any atom is 0.184 e. The lowest BCUT2D eigenvalue weighted by Gasteiger charge is -2.18. The molecule has 0 fully saturated rings. The quantitative estimate of drug-likeness (QED) is 0.783. The highest BCUT2D eigenvalue weighted by Gasteiger charge is 2.20. The molecule has 0 atom stereocenters. The normalized spacial score (nSPS) is 16.4. The average Bonchev–Trinajstić information content (AvgIpc) is 2.59. The highest BCUT2D eigenvalue weighted by Crippen LogP contribution is 2.31. The minimum atomic E-state index is -0.496. The van der Waals surface area contributed by atoms with Crippen LogP contribution in [0.5, 0.6) is 11.5 Å². The number of nitrogens with zero attached hydrogens (tertiary/aromatic N) is 1. The fourth-order valence-corrected chi connectivity index (χ4v) is 2.47. The Labute approximate surface area is 132 Å². The van der Waals surface area contributed by atoms with Crippen molar-refractivity contribution in [3.8, 4) is 11.5 Å². The van der Waals surface area contributed by atoms with E-state index < -0.39 is 11.6 Å². The molecule has 0 N–H and O–H groups in total. The summed E-state index contributed by atoms with van der Waals surface area (Å²) in [7, 11) is 0. The van der Waals surface area contributed by atoms with E-state index in [1.165, 1.54) is 6.21 Å². The van der Waals surface area contributed by atoms with Crippen LogP contribution in [0.1, 0.15) is 36.0 Å². The van der Waals surface area contributed by atoms with E-state index in [1.54, 1.807) is 18.2 Å². The number of ketones is 2. The van der Waals surface area contributed by atoms with Crippen LogP contribution in [0.3, 0.4) is 0 Å². The van der Waals surface area contributed by atoms with Gasteiger partial charge < -0.3 is 9.47 Å².